The van der Waals surface area contributed by atoms with Crippen LogP contribution in [0.1, 0.15) is 25.5 Å². The van der Waals surface area contributed by atoms with Crippen LogP contribution in [0.3, 0.4) is 0 Å². The average molecular weight is 259 g/mol. The fourth-order valence-corrected chi connectivity index (χ4v) is 1.93. The van der Waals surface area contributed by atoms with Gasteiger partial charge in [-0.1, -0.05) is 13.8 Å². The van der Waals surface area contributed by atoms with Gasteiger partial charge in [-0.2, -0.15) is 0 Å². The molecule has 0 saturated carbocycles. The molecule has 0 aliphatic carbocycles. The first kappa shape index (κ1) is 14.9. The van der Waals surface area contributed by atoms with Gasteiger partial charge >= 0.3 is 0 Å². The van der Waals surface area contributed by atoms with Crippen LogP contribution in [-0.4, -0.2) is 18.8 Å². The van der Waals surface area contributed by atoms with Gasteiger partial charge in [0.1, 0.15) is 5.82 Å². The summed E-state index contributed by atoms with van der Waals surface area (Å²) in [6.07, 6.45) is 0. The molecule has 0 saturated heterocycles. The summed E-state index contributed by atoms with van der Waals surface area (Å²) in [4.78, 5) is 0. The Morgan fingerprint density at radius 3 is 2.33 bits per heavy atom. The smallest absolute Gasteiger partial charge is 0.165 e. The summed E-state index contributed by atoms with van der Waals surface area (Å²) >= 11 is 0. The zero-order valence-corrected chi connectivity index (χ0v) is 10.8. The van der Waals surface area contributed by atoms with Crippen LogP contribution in [0.4, 0.5) is 8.78 Å². The Kier molecular flexibility index (Phi) is 5.04. The van der Waals surface area contributed by atoms with Crippen molar-refractivity contribution in [1.29, 1.82) is 0 Å². The number of rotatable bonds is 5. The second-order valence-electron chi connectivity index (χ2n) is 4.62. The van der Waals surface area contributed by atoms with Crippen molar-refractivity contribution in [3.8, 4) is 5.75 Å². The molecular weight excluding hydrogens is 240 g/mol. The summed E-state index contributed by atoms with van der Waals surface area (Å²) in [5.74, 6) is -1.71. The number of methoxy groups -OCH3 is 1. The van der Waals surface area contributed by atoms with Gasteiger partial charge in [0, 0.05) is 30.2 Å². The van der Waals surface area contributed by atoms with Gasteiger partial charge in [0.25, 0.3) is 0 Å². The molecule has 0 aromatic heterocycles. The first-order valence-corrected chi connectivity index (χ1v) is 5.81. The second-order valence-corrected chi connectivity index (χ2v) is 4.62. The van der Waals surface area contributed by atoms with E-state index >= 15 is 0 Å². The monoisotopic (exact) mass is 259 g/mol. The van der Waals surface area contributed by atoms with Crippen LogP contribution in [-0.2, 0) is 0 Å². The van der Waals surface area contributed by atoms with E-state index in [0.29, 0.717) is 0 Å². The summed E-state index contributed by atoms with van der Waals surface area (Å²) in [5.41, 5.74) is 5.96. The second kappa shape index (κ2) is 6.11. The summed E-state index contributed by atoms with van der Waals surface area (Å²) in [6, 6.07) is 1.25. The van der Waals surface area contributed by atoms with E-state index in [0.717, 1.165) is 12.1 Å². The van der Waals surface area contributed by atoms with Crippen molar-refractivity contribution in [2.45, 2.75) is 19.9 Å². The molecule has 2 atom stereocenters. The number of halogens is 2. The van der Waals surface area contributed by atoms with Gasteiger partial charge in [-0.05, 0) is 12.0 Å². The van der Waals surface area contributed by atoms with Crippen LogP contribution in [0, 0.1) is 23.5 Å². The predicted molar refractivity (Wildman–Crippen MR) is 65.3 cm³/mol. The van der Waals surface area contributed by atoms with Gasteiger partial charge in [0.2, 0.25) is 0 Å². The quantitative estimate of drug-likeness (QED) is 0.852. The number of hydrogen-bond acceptors (Lipinski definition) is 3. The van der Waals surface area contributed by atoms with E-state index in [1.807, 2.05) is 13.8 Å². The number of aliphatic hydroxyl groups excluding tert-OH is 1. The van der Waals surface area contributed by atoms with E-state index in [4.69, 9.17) is 5.73 Å². The Morgan fingerprint density at radius 1 is 1.28 bits per heavy atom. The van der Waals surface area contributed by atoms with Crippen LogP contribution in [0.15, 0.2) is 12.1 Å². The maximum atomic E-state index is 13.8. The zero-order chi connectivity index (χ0) is 13.9. The highest BCUT2D eigenvalue weighted by Gasteiger charge is 2.25. The number of ether oxygens (including phenoxy) is 1. The van der Waals surface area contributed by atoms with Crippen molar-refractivity contribution in [3.05, 3.63) is 29.3 Å². The van der Waals surface area contributed by atoms with E-state index < -0.39 is 17.7 Å². The molecule has 0 bridgehead atoms. The Labute approximate surface area is 106 Å². The molecule has 1 aromatic carbocycles. The van der Waals surface area contributed by atoms with Crippen LogP contribution in [0.2, 0.25) is 0 Å². The maximum Gasteiger partial charge on any atom is 0.165 e. The molecular formula is C13H19F2NO2. The molecule has 102 valence electrons. The van der Waals surface area contributed by atoms with Crippen LogP contribution >= 0.6 is 0 Å². The molecule has 1 aromatic rings. The average Bonchev–Trinajstić information content (AvgIpc) is 2.31. The van der Waals surface area contributed by atoms with E-state index in [-0.39, 0.29) is 29.8 Å². The lowest BCUT2D eigenvalue weighted by Gasteiger charge is -2.26. The van der Waals surface area contributed by atoms with E-state index in [2.05, 4.69) is 4.74 Å². The first-order valence-electron chi connectivity index (χ1n) is 5.81. The summed E-state index contributed by atoms with van der Waals surface area (Å²) < 4.78 is 32.1. The first-order chi connectivity index (χ1) is 8.42. The molecule has 5 heteroatoms. The molecule has 3 N–H and O–H groups in total. The van der Waals surface area contributed by atoms with Gasteiger partial charge in [-0.3, -0.25) is 0 Å². The largest absolute Gasteiger partial charge is 0.494 e. The minimum absolute atomic E-state index is 0.0565. The van der Waals surface area contributed by atoms with E-state index in [1.165, 1.54) is 7.11 Å². The van der Waals surface area contributed by atoms with Crippen LogP contribution in [0.25, 0.3) is 0 Å². The molecule has 0 radical (unpaired) electrons. The number of aliphatic hydroxyl groups is 1. The molecule has 0 spiro atoms. The van der Waals surface area contributed by atoms with Gasteiger partial charge in [-0.15, -0.1) is 0 Å². The fraction of sp³-hybridized carbons (Fsp3) is 0.538. The lowest BCUT2D eigenvalue weighted by molar-refractivity contribution is 0.164. The Bertz CT molecular complexity index is 410. The highest BCUT2D eigenvalue weighted by atomic mass is 19.1. The van der Waals surface area contributed by atoms with Gasteiger partial charge in [-0.25, -0.2) is 8.78 Å². The Balaban J connectivity index is 3.13. The molecule has 18 heavy (non-hydrogen) atoms. The molecule has 0 amide bonds. The molecule has 1 rings (SSSR count). The lowest BCUT2D eigenvalue weighted by Crippen LogP contribution is -2.29. The normalized spacial score (nSPS) is 14.7. The van der Waals surface area contributed by atoms with E-state index in [1.54, 1.807) is 0 Å². The highest BCUT2D eigenvalue weighted by Crippen LogP contribution is 2.30. The number of nitrogens with two attached hydrogens (primary N) is 1. The number of hydrogen-bond donors (Lipinski definition) is 2. The standard InChI is InChI=1S/C13H19F2NO2/c1-7(2)9(6-17)13(16)8-4-11(15)12(18-3)5-10(8)14/h4-5,7,9,13,17H,6,16H2,1-3H3. The zero-order valence-electron chi connectivity index (χ0n) is 10.8. The minimum atomic E-state index is -0.754. The summed E-state index contributed by atoms with van der Waals surface area (Å²) in [5, 5.41) is 9.27. The van der Waals surface area contributed by atoms with Crippen molar-refractivity contribution >= 4 is 0 Å². The van der Waals surface area contributed by atoms with Crippen LogP contribution < -0.4 is 10.5 Å². The molecule has 2 unspecified atom stereocenters. The van der Waals surface area contributed by atoms with E-state index in [9.17, 15) is 13.9 Å². The summed E-state index contributed by atoms with van der Waals surface area (Å²) in [6.45, 7) is 3.57. The molecule has 0 heterocycles. The van der Waals surface area contributed by atoms with Gasteiger partial charge in [0.15, 0.2) is 11.6 Å². The molecule has 0 aliphatic rings. The SMILES string of the molecule is COc1cc(F)c(C(N)C(CO)C(C)C)cc1F. The van der Waals surface area contributed by atoms with Gasteiger partial charge < -0.3 is 15.6 Å². The van der Waals surface area contributed by atoms with Crippen molar-refractivity contribution in [3.63, 3.8) is 0 Å². The summed E-state index contributed by atoms with van der Waals surface area (Å²) in [7, 11) is 1.27. The van der Waals surface area contributed by atoms with Crippen molar-refractivity contribution < 1.29 is 18.6 Å². The number of benzene rings is 1. The van der Waals surface area contributed by atoms with Crippen molar-refractivity contribution in [2.75, 3.05) is 13.7 Å². The lowest BCUT2D eigenvalue weighted by atomic mass is 9.85. The molecule has 3 nitrogen and oxygen atoms in total. The van der Waals surface area contributed by atoms with Crippen LogP contribution in [0.5, 0.6) is 5.75 Å². The molecule has 0 aliphatic heterocycles. The predicted octanol–water partition coefficient (Wildman–Crippen LogP) is 2.24. The van der Waals surface area contributed by atoms with Gasteiger partial charge in [0.05, 0.1) is 7.11 Å². The Hall–Kier alpha value is -1.20. The third-order valence-electron chi connectivity index (χ3n) is 3.16. The third kappa shape index (κ3) is 2.97. The van der Waals surface area contributed by atoms with Crippen molar-refractivity contribution in [2.24, 2.45) is 17.6 Å². The molecule has 0 fully saturated rings. The maximum absolute atomic E-state index is 13.8. The third-order valence-corrected chi connectivity index (χ3v) is 3.16. The minimum Gasteiger partial charge on any atom is -0.494 e. The van der Waals surface area contributed by atoms with Crippen molar-refractivity contribution in [1.82, 2.24) is 0 Å². The topological polar surface area (TPSA) is 55.5 Å². The highest BCUT2D eigenvalue weighted by molar-refractivity contribution is 5.32. The fourth-order valence-electron chi connectivity index (χ4n) is 1.93. The Morgan fingerprint density at radius 2 is 1.89 bits per heavy atom.